The van der Waals surface area contributed by atoms with Crippen LogP contribution in [-0.4, -0.2) is 24.3 Å². The summed E-state index contributed by atoms with van der Waals surface area (Å²) < 4.78 is 0. The molecule has 2 aliphatic carbocycles. The Kier molecular flexibility index (Phi) is 3.39. The van der Waals surface area contributed by atoms with Crippen molar-refractivity contribution in [3.05, 3.63) is 44.4 Å². The molecule has 0 spiro atoms. The molecule has 2 bridgehead atoms. The summed E-state index contributed by atoms with van der Waals surface area (Å²) in [5, 5.41) is 1.85. The number of hydrogen-bond acceptors (Lipinski definition) is 4. The van der Waals surface area contributed by atoms with Crippen LogP contribution in [0.15, 0.2) is 34.1 Å². The summed E-state index contributed by atoms with van der Waals surface area (Å²) in [5.74, 6) is 2.81. The fraction of sp³-hybridized carbons (Fsp3) is 0.526. The maximum atomic E-state index is 12.0. The lowest BCUT2D eigenvalue weighted by molar-refractivity contribution is 0.307. The van der Waals surface area contributed by atoms with Gasteiger partial charge in [0.2, 0.25) is 0 Å². The minimum absolute atomic E-state index is 0.106. The van der Waals surface area contributed by atoms with Gasteiger partial charge in [0.1, 0.15) is 0 Å². The van der Waals surface area contributed by atoms with Gasteiger partial charge in [0, 0.05) is 35.8 Å². The van der Waals surface area contributed by atoms with E-state index in [1.165, 1.54) is 46.7 Å². The predicted octanol–water partition coefficient (Wildman–Crippen LogP) is 4.15. The second-order valence-electron chi connectivity index (χ2n) is 7.66. The highest BCUT2D eigenvalue weighted by Crippen LogP contribution is 2.63. The first-order valence-corrected chi connectivity index (χ1v) is 10.5. The van der Waals surface area contributed by atoms with Gasteiger partial charge >= 0.3 is 4.87 Å². The van der Waals surface area contributed by atoms with Crippen molar-refractivity contribution in [1.29, 1.82) is 0 Å². The number of aromatic amines is 1. The summed E-state index contributed by atoms with van der Waals surface area (Å²) in [6, 6.07) is 9.00. The number of thioether (sulfide) groups is 1. The summed E-state index contributed by atoms with van der Waals surface area (Å²) in [4.78, 5) is 18.7. The van der Waals surface area contributed by atoms with Gasteiger partial charge in [0.05, 0.1) is 5.03 Å². The van der Waals surface area contributed by atoms with E-state index in [1.807, 2.05) is 11.8 Å². The van der Waals surface area contributed by atoms with Crippen molar-refractivity contribution >= 4 is 28.8 Å². The van der Waals surface area contributed by atoms with Crippen LogP contribution >= 0.6 is 23.1 Å². The zero-order valence-corrected chi connectivity index (χ0v) is 15.6. The molecule has 3 nitrogen and oxygen atoms in total. The van der Waals surface area contributed by atoms with Crippen molar-refractivity contribution in [1.82, 2.24) is 4.98 Å². The highest BCUT2D eigenvalue weighted by Gasteiger charge is 2.54. The maximum Gasteiger partial charge on any atom is 0.305 e. The van der Waals surface area contributed by atoms with Crippen LogP contribution in [0.2, 0.25) is 0 Å². The van der Waals surface area contributed by atoms with Crippen LogP contribution in [0.4, 0.5) is 5.69 Å². The van der Waals surface area contributed by atoms with E-state index in [9.17, 15) is 4.79 Å². The topological polar surface area (TPSA) is 36.1 Å². The minimum Gasteiger partial charge on any atom is -0.378 e. The van der Waals surface area contributed by atoms with Crippen LogP contribution in [0.1, 0.15) is 35.6 Å². The van der Waals surface area contributed by atoms with Gasteiger partial charge in [-0.05, 0) is 54.7 Å². The Balaban J connectivity index is 1.62. The number of benzene rings is 1. The molecule has 0 unspecified atom stereocenters. The van der Waals surface area contributed by atoms with Gasteiger partial charge in [-0.15, -0.1) is 11.8 Å². The second-order valence-corrected chi connectivity index (χ2v) is 9.87. The highest BCUT2D eigenvalue weighted by molar-refractivity contribution is 8.00. The average Bonchev–Trinajstić information content (AvgIpc) is 3.26. The van der Waals surface area contributed by atoms with Crippen molar-refractivity contribution in [3.8, 4) is 0 Å². The Morgan fingerprint density at radius 3 is 2.62 bits per heavy atom. The molecule has 126 valence electrons. The predicted molar refractivity (Wildman–Crippen MR) is 102 cm³/mol. The smallest absolute Gasteiger partial charge is 0.305 e. The van der Waals surface area contributed by atoms with Crippen molar-refractivity contribution in [2.45, 2.75) is 35.5 Å². The second kappa shape index (κ2) is 5.40. The lowest BCUT2D eigenvalue weighted by atomic mass is 9.75. The van der Waals surface area contributed by atoms with E-state index < -0.39 is 0 Å². The molecule has 5 heteroatoms. The van der Waals surface area contributed by atoms with Gasteiger partial charge in [-0.3, -0.25) is 4.79 Å². The Hall–Kier alpha value is -1.20. The largest absolute Gasteiger partial charge is 0.378 e. The molecule has 24 heavy (non-hydrogen) atoms. The summed E-state index contributed by atoms with van der Waals surface area (Å²) in [5.41, 5.74) is 2.62. The zero-order valence-electron chi connectivity index (χ0n) is 14.0. The number of anilines is 1. The Morgan fingerprint density at radius 1 is 1.12 bits per heavy atom. The van der Waals surface area contributed by atoms with Crippen LogP contribution in [0.5, 0.6) is 0 Å². The molecular formula is C19H22N2OS2. The van der Waals surface area contributed by atoms with E-state index in [1.54, 1.807) is 0 Å². The fourth-order valence-corrected chi connectivity index (χ4v) is 8.10. The van der Waals surface area contributed by atoms with Crippen LogP contribution in [-0.2, 0) is 0 Å². The van der Waals surface area contributed by atoms with Gasteiger partial charge in [0.15, 0.2) is 0 Å². The monoisotopic (exact) mass is 358 g/mol. The molecule has 0 amide bonds. The normalized spacial score (nSPS) is 33.3. The molecule has 1 aliphatic heterocycles. The first-order valence-electron chi connectivity index (χ1n) is 8.79. The molecule has 1 aromatic heterocycles. The van der Waals surface area contributed by atoms with E-state index in [2.05, 4.69) is 48.2 Å². The fourth-order valence-electron chi connectivity index (χ4n) is 5.20. The molecule has 1 N–H and O–H groups in total. The molecule has 0 saturated heterocycles. The molecule has 5 atom stereocenters. The van der Waals surface area contributed by atoms with Gasteiger partial charge in [0.25, 0.3) is 0 Å². The quantitative estimate of drug-likeness (QED) is 0.876. The summed E-state index contributed by atoms with van der Waals surface area (Å²) in [6.07, 6.45) is 4.16. The van der Waals surface area contributed by atoms with Gasteiger partial charge in [-0.2, -0.15) is 0 Å². The molecule has 1 aromatic carbocycles. The Morgan fingerprint density at radius 2 is 1.88 bits per heavy atom. The molecular weight excluding hydrogens is 336 g/mol. The maximum absolute atomic E-state index is 12.0. The van der Waals surface area contributed by atoms with Crippen molar-refractivity contribution in [3.63, 3.8) is 0 Å². The average molecular weight is 359 g/mol. The molecule has 3 aliphatic rings. The van der Waals surface area contributed by atoms with Crippen LogP contribution < -0.4 is 9.77 Å². The third kappa shape index (κ3) is 2.14. The Bertz CT molecular complexity index is 823. The zero-order chi connectivity index (χ0) is 16.4. The van der Waals surface area contributed by atoms with Gasteiger partial charge < -0.3 is 9.88 Å². The van der Waals surface area contributed by atoms with Crippen LogP contribution in [0.25, 0.3) is 0 Å². The lowest BCUT2D eigenvalue weighted by Gasteiger charge is -2.40. The molecule has 2 aromatic rings. The molecule has 5 rings (SSSR count). The number of rotatable bonds is 2. The molecule has 2 saturated carbocycles. The van der Waals surface area contributed by atoms with E-state index in [4.69, 9.17) is 0 Å². The van der Waals surface area contributed by atoms with Crippen molar-refractivity contribution in [2.24, 2.45) is 17.8 Å². The van der Waals surface area contributed by atoms with E-state index in [-0.39, 0.29) is 4.87 Å². The summed E-state index contributed by atoms with van der Waals surface area (Å²) in [7, 11) is 4.16. The first kappa shape index (κ1) is 15.1. The highest BCUT2D eigenvalue weighted by atomic mass is 32.2. The van der Waals surface area contributed by atoms with Gasteiger partial charge in [-0.1, -0.05) is 23.5 Å². The number of fused-ring (bicyclic) bond motifs is 6. The van der Waals surface area contributed by atoms with Crippen LogP contribution in [0, 0.1) is 17.8 Å². The van der Waals surface area contributed by atoms with E-state index >= 15 is 0 Å². The number of aromatic nitrogens is 1. The molecule has 2 fully saturated rings. The van der Waals surface area contributed by atoms with Crippen molar-refractivity contribution in [2.75, 3.05) is 19.0 Å². The lowest BCUT2D eigenvalue weighted by Crippen LogP contribution is -2.33. The number of nitrogens with one attached hydrogen (secondary N) is 1. The van der Waals surface area contributed by atoms with Gasteiger partial charge in [-0.25, -0.2) is 0 Å². The van der Waals surface area contributed by atoms with E-state index in [0.29, 0.717) is 17.1 Å². The summed E-state index contributed by atoms with van der Waals surface area (Å²) in [6.45, 7) is 0. The third-order valence-electron chi connectivity index (χ3n) is 6.23. The minimum atomic E-state index is 0.106. The van der Waals surface area contributed by atoms with Crippen LogP contribution in [0.3, 0.4) is 0 Å². The molecule has 0 radical (unpaired) electrons. The Labute approximate surface area is 150 Å². The third-order valence-corrected chi connectivity index (χ3v) is 8.86. The SMILES string of the molecule is CN(C)c1ccc([C@@H]2c3sc(=O)[nH]c3S[C@H]3[C@@H]4CC[C@H](C4)[C@H]23)cc1. The first-order chi connectivity index (χ1) is 11.6. The number of hydrogen-bond donors (Lipinski definition) is 1. The standard InChI is InChI=1S/C19H22N2OS2/c1-21(2)13-7-5-10(6-8-13)14-15-11-3-4-12(9-11)16(15)23-18-17(14)24-19(22)20-18/h5-8,11-12,14-16H,3-4,9H2,1-2H3,(H,20,22)/t11-,12-,14+,15-,16+/m1/s1. The van der Waals surface area contributed by atoms with E-state index in [0.717, 1.165) is 16.9 Å². The number of thiazole rings is 1. The van der Waals surface area contributed by atoms with Crippen molar-refractivity contribution < 1.29 is 0 Å². The number of nitrogens with zero attached hydrogens (tertiary/aromatic N) is 1. The number of H-pyrrole nitrogens is 1. The molecule has 2 heterocycles. The summed E-state index contributed by atoms with van der Waals surface area (Å²) >= 11 is 3.40.